The lowest BCUT2D eigenvalue weighted by Gasteiger charge is -2.20. The summed E-state index contributed by atoms with van der Waals surface area (Å²) in [5, 5.41) is 6.02. The molecule has 2 amide bonds. The van der Waals surface area contributed by atoms with Crippen LogP contribution in [-0.2, 0) is 9.59 Å². The summed E-state index contributed by atoms with van der Waals surface area (Å²) in [5.41, 5.74) is 0. The molecule has 0 aromatic heterocycles. The molecule has 90 valence electrons. The minimum absolute atomic E-state index is 0.0310. The highest BCUT2D eigenvalue weighted by Crippen LogP contribution is 2.18. The van der Waals surface area contributed by atoms with Gasteiger partial charge in [0.2, 0.25) is 11.8 Å². The van der Waals surface area contributed by atoms with E-state index in [1.807, 2.05) is 0 Å². The van der Waals surface area contributed by atoms with Crippen molar-refractivity contribution in [3.8, 4) is 0 Å². The second-order valence-electron chi connectivity index (χ2n) is 4.69. The van der Waals surface area contributed by atoms with Gasteiger partial charge in [-0.2, -0.15) is 0 Å². The van der Waals surface area contributed by atoms with Crippen molar-refractivity contribution >= 4 is 11.8 Å². The maximum atomic E-state index is 11.9. The molecule has 1 heterocycles. The number of hydrogen-bond donors (Lipinski definition) is 2. The van der Waals surface area contributed by atoms with E-state index in [0.717, 1.165) is 32.2 Å². The summed E-state index contributed by atoms with van der Waals surface area (Å²) in [7, 11) is 1.69. The van der Waals surface area contributed by atoms with E-state index in [-0.39, 0.29) is 24.4 Å². The Hall–Kier alpha value is -1.10. The number of carbonyl (C=O) groups excluding carboxylic acids is 2. The number of rotatable bonds is 4. The molecule has 0 aromatic carbocycles. The molecule has 2 rings (SSSR count). The van der Waals surface area contributed by atoms with Crippen LogP contribution in [0.1, 0.15) is 25.7 Å². The molecule has 1 atom stereocenters. The molecule has 16 heavy (non-hydrogen) atoms. The molecule has 5 heteroatoms. The molecule has 5 nitrogen and oxygen atoms in total. The minimum Gasteiger partial charge on any atom is -0.352 e. The van der Waals surface area contributed by atoms with Crippen LogP contribution in [0, 0.1) is 0 Å². The fraction of sp³-hybridized carbons (Fsp3) is 0.818. The fourth-order valence-electron chi connectivity index (χ4n) is 1.96. The van der Waals surface area contributed by atoms with Crippen molar-refractivity contribution in [1.82, 2.24) is 15.5 Å². The highest BCUT2D eigenvalue weighted by atomic mass is 16.2. The third-order valence-corrected chi connectivity index (χ3v) is 3.06. The van der Waals surface area contributed by atoms with Gasteiger partial charge in [0.05, 0.1) is 12.6 Å². The second kappa shape index (κ2) is 4.82. The molecule has 0 bridgehead atoms. The third kappa shape index (κ3) is 2.95. The lowest BCUT2D eigenvalue weighted by molar-refractivity contribution is -0.136. The molecule has 0 spiro atoms. The Morgan fingerprint density at radius 1 is 1.38 bits per heavy atom. The SMILES string of the molecule is CN(CC(=O)NC1CC1)C(=O)C1CCCN1. The number of likely N-dealkylation sites (N-methyl/N-ethyl adjacent to an activating group) is 1. The van der Waals surface area contributed by atoms with Gasteiger partial charge >= 0.3 is 0 Å². The Kier molecular flexibility index (Phi) is 3.43. The predicted molar refractivity (Wildman–Crippen MR) is 59.8 cm³/mol. The molecule has 1 saturated heterocycles. The van der Waals surface area contributed by atoms with Crippen LogP contribution in [0.3, 0.4) is 0 Å². The normalized spacial score (nSPS) is 24.2. The minimum atomic E-state index is -0.0845. The van der Waals surface area contributed by atoms with Gasteiger partial charge in [0, 0.05) is 13.1 Å². The Morgan fingerprint density at radius 2 is 2.12 bits per heavy atom. The number of hydrogen-bond acceptors (Lipinski definition) is 3. The Balaban J connectivity index is 1.74. The van der Waals surface area contributed by atoms with Crippen LogP contribution in [-0.4, -0.2) is 48.9 Å². The first-order chi connectivity index (χ1) is 7.66. The van der Waals surface area contributed by atoms with Gasteiger partial charge in [-0.15, -0.1) is 0 Å². The predicted octanol–water partition coefficient (Wildman–Crippen LogP) is -0.525. The van der Waals surface area contributed by atoms with Gasteiger partial charge in [-0.1, -0.05) is 0 Å². The molecule has 1 aliphatic heterocycles. The first kappa shape index (κ1) is 11.4. The zero-order chi connectivity index (χ0) is 11.5. The van der Waals surface area contributed by atoms with Gasteiger partial charge < -0.3 is 15.5 Å². The van der Waals surface area contributed by atoms with Crippen LogP contribution in [0.25, 0.3) is 0 Å². The fourth-order valence-corrected chi connectivity index (χ4v) is 1.96. The zero-order valence-corrected chi connectivity index (χ0v) is 9.66. The summed E-state index contributed by atoms with van der Waals surface area (Å²) in [6.07, 6.45) is 4.08. The summed E-state index contributed by atoms with van der Waals surface area (Å²) < 4.78 is 0. The average Bonchev–Trinajstić information content (AvgIpc) is 2.89. The summed E-state index contributed by atoms with van der Waals surface area (Å²) >= 11 is 0. The van der Waals surface area contributed by atoms with E-state index in [0.29, 0.717) is 6.04 Å². The molecule has 0 aromatic rings. The van der Waals surface area contributed by atoms with Crippen molar-refractivity contribution in [2.45, 2.75) is 37.8 Å². The van der Waals surface area contributed by atoms with E-state index in [4.69, 9.17) is 0 Å². The Bertz CT molecular complexity index is 283. The molecule has 1 unspecified atom stereocenters. The van der Waals surface area contributed by atoms with Crippen LogP contribution in [0.4, 0.5) is 0 Å². The summed E-state index contributed by atoms with van der Waals surface area (Å²) in [4.78, 5) is 24.9. The summed E-state index contributed by atoms with van der Waals surface area (Å²) in [6.45, 7) is 1.08. The molecule has 0 radical (unpaired) electrons. The van der Waals surface area contributed by atoms with Gasteiger partial charge in [0.15, 0.2) is 0 Å². The van der Waals surface area contributed by atoms with E-state index >= 15 is 0 Å². The first-order valence-electron chi connectivity index (χ1n) is 5.94. The second-order valence-corrected chi connectivity index (χ2v) is 4.69. The van der Waals surface area contributed by atoms with Crippen LogP contribution in [0.15, 0.2) is 0 Å². The van der Waals surface area contributed by atoms with Crippen molar-refractivity contribution in [1.29, 1.82) is 0 Å². The van der Waals surface area contributed by atoms with Crippen molar-refractivity contribution in [3.05, 3.63) is 0 Å². The number of nitrogens with one attached hydrogen (secondary N) is 2. The monoisotopic (exact) mass is 225 g/mol. The van der Waals surface area contributed by atoms with Crippen molar-refractivity contribution in [3.63, 3.8) is 0 Å². The molecular weight excluding hydrogens is 206 g/mol. The summed E-state index contributed by atoms with van der Waals surface area (Å²) in [6, 6.07) is 0.277. The van der Waals surface area contributed by atoms with Gasteiger partial charge in [0.25, 0.3) is 0 Å². The van der Waals surface area contributed by atoms with Crippen LogP contribution in [0.2, 0.25) is 0 Å². The maximum Gasteiger partial charge on any atom is 0.239 e. The Morgan fingerprint density at radius 3 is 2.69 bits per heavy atom. The van der Waals surface area contributed by atoms with Crippen LogP contribution in [0.5, 0.6) is 0 Å². The van der Waals surface area contributed by atoms with E-state index in [1.54, 1.807) is 7.05 Å². The van der Waals surface area contributed by atoms with Gasteiger partial charge in [-0.05, 0) is 32.2 Å². The van der Waals surface area contributed by atoms with E-state index < -0.39 is 0 Å². The molecule has 1 saturated carbocycles. The highest BCUT2D eigenvalue weighted by Gasteiger charge is 2.27. The van der Waals surface area contributed by atoms with Crippen molar-refractivity contribution in [2.24, 2.45) is 0 Å². The van der Waals surface area contributed by atoms with E-state index in [9.17, 15) is 9.59 Å². The van der Waals surface area contributed by atoms with Crippen molar-refractivity contribution in [2.75, 3.05) is 20.1 Å². The quantitative estimate of drug-likeness (QED) is 0.676. The zero-order valence-electron chi connectivity index (χ0n) is 9.66. The van der Waals surface area contributed by atoms with Gasteiger partial charge in [-0.25, -0.2) is 0 Å². The molecule has 2 N–H and O–H groups in total. The lowest BCUT2D eigenvalue weighted by Crippen LogP contribution is -2.46. The largest absolute Gasteiger partial charge is 0.352 e. The van der Waals surface area contributed by atoms with Crippen LogP contribution < -0.4 is 10.6 Å². The smallest absolute Gasteiger partial charge is 0.239 e. The lowest BCUT2D eigenvalue weighted by atomic mass is 10.2. The molecule has 1 aliphatic carbocycles. The van der Waals surface area contributed by atoms with E-state index in [1.165, 1.54) is 4.90 Å². The van der Waals surface area contributed by atoms with Gasteiger partial charge in [-0.3, -0.25) is 9.59 Å². The highest BCUT2D eigenvalue weighted by molar-refractivity contribution is 5.87. The molecule has 2 fully saturated rings. The van der Waals surface area contributed by atoms with E-state index in [2.05, 4.69) is 10.6 Å². The topological polar surface area (TPSA) is 61.4 Å². The average molecular weight is 225 g/mol. The number of carbonyl (C=O) groups is 2. The Labute approximate surface area is 95.6 Å². The van der Waals surface area contributed by atoms with Gasteiger partial charge in [0.1, 0.15) is 0 Å². The maximum absolute atomic E-state index is 11.9. The third-order valence-electron chi connectivity index (χ3n) is 3.06. The number of amides is 2. The van der Waals surface area contributed by atoms with Crippen LogP contribution >= 0.6 is 0 Å². The standard InChI is InChI=1S/C11H19N3O2/c1-14(7-10(15)13-8-4-5-8)11(16)9-3-2-6-12-9/h8-9,12H,2-7H2,1H3,(H,13,15). The number of nitrogens with zero attached hydrogens (tertiary/aromatic N) is 1. The summed E-state index contributed by atoms with van der Waals surface area (Å²) in [5.74, 6) is -0.0141. The van der Waals surface area contributed by atoms with Crippen molar-refractivity contribution < 1.29 is 9.59 Å². The molecule has 2 aliphatic rings. The first-order valence-corrected chi connectivity index (χ1v) is 5.94. The molecular formula is C11H19N3O2.